The van der Waals surface area contributed by atoms with Crippen molar-refractivity contribution in [3.63, 3.8) is 0 Å². The number of ether oxygens (including phenoxy) is 1. The molecule has 0 atom stereocenters. The summed E-state index contributed by atoms with van der Waals surface area (Å²) >= 11 is 8.93. The van der Waals surface area contributed by atoms with Crippen LogP contribution in [0.3, 0.4) is 0 Å². The van der Waals surface area contributed by atoms with Gasteiger partial charge in [-0.3, -0.25) is 0 Å². The van der Waals surface area contributed by atoms with Gasteiger partial charge in [0.2, 0.25) is 5.28 Å². The van der Waals surface area contributed by atoms with Gasteiger partial charge in [-0.05, 0) is 45.2 Å². The van der Waals surface area contributed by atoms with E-state index in [9.17, 15) is 13.2 Å². The number of anilines is 1. The van der Waals surface area contributed by atoms with E-state index in [4.69, 9.17) is 11.6 Å². The molecule has 2 rings (SSSR count). The summed E-state index contributed by atoms with van der Waals surface area (Å²) < 4.78 is 40.5. The first-order valence-electron chi connectivity index (χ1n) is 5.60. The summed E-state index contributed by atoms with van der Waals surface area (Å²) in [5.41, 5.74) is 0.756. The summed E-state index contributed by atoms with van der Waals surface area (Å²) in [6.45, 7) is 0.359. The second-order valence-corrected chi connectivity index (χ2v) is 5.07. The number of rotatable bonds is 4. The minimum atomic E-state index is -4.69. The Hall–Kier alpha value is -1.54. The Kier molecular flexibility index (Phi) is 4.89. The average Bonchev–Trinajstić information content (AvgIpc) is 2.40. The van der Waals surface area contributed by atoms with Gasteiger partial charge in [0, 0.05) is 12.7 Å². The monoisotopic (exact) mass is 381 g/mol. The van der Waals surface area contributed by atoms with Crippen molar-refractivity contribution in [3.8, 4) is 5.75 Å². The van der Waals surface area contributed by atoms with Crippen LogP contribution in [-0.4, -0.2) is 16.3 Å². The van der Waals surface area contributed by atoms with Gasteiger partial charge in [-0.25, -0.2) is 4.98 Å². The molecule has 1 N–H and O–H groups in total. The molecule has 0 saturated heterocycles. The minimum Gasteiger partial charge on any atom is -0.406 e. The van der Waals surface area contributed by atoms with Crippen molar-refractivity contribution in [2.75, 3.05) is 5.32 Å². The van der Waals surface area contributed by atoms with E-state index in [2.05, 4.69) is 36.0 Å². The van der Waals surface area contributed by atoms with E-state index in [-0.39, 0.29) is 11.0 Å². The van der Waals surface area contributed by atoms with Crippen LogP contribution in [0, 0.1) is 0 Å². The lowest BCUT2D eigenvalue weighted by atomic mass is 10.2. The van der Waals surface area contributed by atoms with Gasteiger partial charge in [0.15, 0.2) is 0 Å². The van der Waals surface area contributed by atoms with Gasteiger partial charge in [0.05, 0.1) is 4.47 Å². The molecule has 1 aromatic heterocycles. The van der Waals surface area contributed by atoms with Gasteiger partial charge in [-0.2, -0.15) is 4.98 Å². The number of hydrogen-bond acceptors (Lipinski definition) is 4. The van der Waals surface area contributed by atoms with Crippen LogP contribution >= 0.6 is 27.5 Å². The topological polar surface area (TPSA) is 47.0 Å². The smallest absolute Gasteiger partial charge is 0.406 e. The lowest BCUT2D eigenvalue weighted by molar-refractivity contribution is -0.274. The summed E-state index contributed by atoms with van der Waals surface area (Å²) in [5, 5.41) is 3.08. The van der Waals surface area contributed by atoms with E-state index < -0.39 is 6.36 Å². The second kappa shape index (κ2) is 6.48. The summed E-state index contributed by atoms with van der Waals surface area (Å²) in [7, 11) is 0. The molecule has 4 nitrogen and oxygen atoms in total. The molecule has 0 radical (unpaired) electrons. The van der Waals surface area contributed by atoms with Crippen LogP contribution in [-0.2, 0) is 6.54 Å². The molecule has 9 heteroatoms. The number of benzene rings is 1. The number of alkyl halides is 3. The molecular weight excluding hydrogens is 375 g/mol. The molecule has 21 heavy (non-hydrogen) atoms. The maximum Gasteiger partial charge on any atom is 0.573 e. The van der Waals surface area contributed by atoms with Crippen LogP contribution in [0.2, 0.25) is 5.28 Å². The average molecular weight is 383 g/mol. The van der Waals surface area contributed by atoms with Crippen molar-refractivity contribution in [1.82, 2.24) is 9.97 Å². The molecule has 0 aliphatic rings. The first-order valence-corrected chi connectivity index (χ1v) is 6.77. The van der Waals surface area contributed by atoms with E-state index in [1.54, 1.807) is 0 Å². The number of halogens is 5. The minimum absolute atomic E-state index is 0.0922. The van der Waals surface area contributed by atoms with E-state index in [1.165, 1.54) is 30.5 Å². The zero-order valence-corrected chi connectivity index (χ0v) is 12.6. The lowest BCUT2D eigenvalue weighted by Gasteiger charge is -2.10. The van der Waals surface area contributed by atoms with E-state index >= 15 is 0 Å². The highest BCUT2D eigenvalue weighted by Gasteiger charge is 2.30. The van der Waals surface area contributed by atoms with Crippen molar-refractivity contribution in [2.45, 2.75) is 12.9 Å². The van der Waals surface area contributed by atoms with Crippen LogP contribution in [0.1, 0.15) is 5.56 Å². The summed E-state index contributed by atoms with van der Waals surface area (Å²) in [4.78, 5) is 7.76. The predicted molar refractivity (Wildman–Crippen MR) is 75.2 cm³/mol. The number of nitrogens with zero attached hydrogens (tertiary/aromatic N) is 2. The van der Waals surface area contributed by atoms with Crippen molar-refractivity contribution in [2.24, 2.45) is 0 Å². The SMILES string of the molecule is FC(F)(F)Oc1ccc(CNc2nc(Cl)ncc2Br)cc1. The summed E-state index contributed by atoms with van der Waals surface area (Å²) in [6, 6.07) is 5.52. The van der Waals surface area contributed by atoms with Crippen LogP contribution in [0.25, 0.3) is 0 Å². The molecule has 0 aliphatic heterocycles. The molecule has 0 fully saturated rings. The van der Waals surface area contributed by atoms with Crippen molar-refractivity contribution >= 4 is 33.3 Å². The number of nitrogens with one attached hydrogen (secondary N) is 1. The van der Waals surface area contributed by atoms with Crippen LogP contribution in [0.4, 0.5) is 19.0 Å². The Morgan fingerprint density at radius 1 is 1.24 bits per heavy atom. The molecule has 0 aliphatic carbocycles. The quantitative estimate of drug-likeness (QED) is 0.796. The largest absolute Gasteiger partial charge is 0.573 e. The van der Waals surface area contributed by atoms with Crippen LogP contribution in [0.5, 0.6) is 5.75 Å². The molecule has 112 valence electrons. The van der Waals surface area contributed by atoms with Gasteiger partial charge in [0.25, 0.3) is 0 Å². The summed E-state index contributed by atoms with van der Waals surface area (Å²) in [6.07, 6.45) is -3.19. The molecule has 1 aromatic carbocycles. The third-order valence-electron chi connectivity index (χ3n) is 2.33. The van der Waals surface area contributed by atoms with Crippen LogP contribution in [0.15, 0.2) is 34.9 Å². The Bertz CT molecular complexity index is 622. The third kappa shape index (κ3) is 5.05. The van der Waals surface area contributed by atoms with Crippen molar-refractivity contribution < 1.29 is 17.9 Å². The van der Waals surface area contributed by atoms with Gasteiger partial charge in [0.1, 0.15) is 11.6 Å². The molecule has 1 heterocycles. The zero-order valence-electron chi connectivity index (χ0n) is 10.3. The van der Waals surface area contributed by atoms with E-state index in [1.807, 2.05) is 0 Å². The highest BCUT2D eigenvalue weighted by molar-refractivity contribution is 9.10. The van der Waals surface area contributed by atoms with Gasteiger partial charge in [-0.15, -0.1) is 13.2 Å². The lowest BCUT2D eigenvalue weighted by Crippen LogP contribution is -2.17. The molecule has 0 amide bonds. The highest BCUT2D eigenvalue weighted by Crippen LogP contribution is 2.24. The van der Waals surface area contributed by atoms with E-state index in [0.717, 1.165) is 5.56 Å². The fraction of sp³-hybridized carbons (Fsp3) is 0.167. The fourth-order valence-electron chi connectivity index (χ4n) is 1.46. The molecule has 2 aromatic rings. The second-order valence-electron chi connectivity index (χ2n) is 3.88. The molecule has 0 spiro atoms. The third-order valence-corrected chi connectivity index (χ3v) is 3.09. The zero-order chi connectivity index (χ0) is 15.5. The van der Waals surface area contributed by atoms with Gasteiger partial charge in [-0.1, -0.05) is 12.1 Å². The Morgan fingerprint density at radius 3 is 2.52 bits per heavy atom. The maximum absolute atomic E-state index is 12.0. The molecule has 0 saturated carbocycles. The maximum atomic E-state index is 12.0. The first-order chi connectivity index (χ1) is 9.83. The molecular formula is C12H8BrClF3N3O. The van der Waals surface area contributed by atoms with Crippen molar-refractivity contribution in [3.05, 3.63) is 45.8 Å². The van der Waals surface area contributed by atoms with E-state index in [0.29, 0.717) is 16.8 Å². The highest BCUT2D eigenvalue weighted by atomic mass is 79.9. The normalized spacial score (nSPS) is 11.3. The first kappa shape index (κ1) is 15.8. The van der Waals surface area contributed by atoms with Gasteiger partial charge < -0.3 is 10.1 Å². The fourth-order valence-corrected chi connectivity index (χ4v) is 1.93. The molecule has 0 bridgehead atoms. The Morgan fingerprint density at radius 2 is 1.90 bits per heavy atom. The number of hydrogen-bond donors (Lipinski definition) is 1. The Balaban J connectivity index is 1.99. The van der Waals surface area contributed by atoms with Crippen molar-refractivity contribution in [1.29, 1.82) is 0 Å². The standard InChI is InChI=1S/C12H8BrClF3N3O/c13-9-6-19-11(14)20-10(9)18-5-7-1-3-8(4-2-7)21-12(15,16)17/h1-4,6H,5H2,(H,18,19,20). The Labute approximate surface area is 131 Å². The number of aromatic nitrogens is 2. The molecule has 0 unspecified atom stereocenters. The van der Waals surface area contributed by atoms with Crippen LogP contribution < -0.4 is 10.1 Å². The van der Waals surface area contributed by atoms with Gasteiger partial charge >= 0.3 is 6.36 Å². The predicted octanol–water partition coefficient (Wildman–Crippen LogP) is 4.40. The summed E-state index contributed by atoms with van der Waals surface area (Å²) in [5.74, 6) is 0.225.